The summed E-state index contributed by atoms with van der Waals surface area (Å²) in [5, 5.41) is 12.1. The van der Waals surface area contributed by atoms with E-state index >= 15 is 0 Å². The predicted molar refractivity (Wildman–Crippen MR) is 71.7 cm³/mol. The van der Waals surface area contributed by atoms with E-state index in [2.05, 4.69) is 5.32 Å². The summed E-state index contributed by atoms with van der Waals surface area (Å²) < 4.78 is 5.37. The summed E-state index contributed by atoms with van der Waals surface area (Å²) in [6, 6.07) is 8.78. The maximum atomic E-state index is 11.0. The molecule has 2 aromatic rings. The number of nitrogens with two attached hydrogens (primary N) is 1. The first-order valence-corrected chi connectivity index (χ1v) is 5.93. The molecule has 0 spiro atoms. The van der Waals surface area contributed by atoms with Gasteiger partial charge in [0.2, 0.25) is 5.91 Å². The fourth-order valence-electron chi connectivity index (χ4n) is 1.80. The Morgan fingerprint density at radius 2 is 2.05 bits per heavy atom. The van der Waals surface area contributed by atoms with Crippen LogP contribution in [0.15, 0.2) is 34.7 Å². The van der Waals surface area contributed by atoms with Crippen molar-refractivity contribution in [2.45, 2.75) is 20.1 Å². The highest BCUT2D eigenvalue weighted by Crippen LogP contribution is 2.18. The zero-order chi connectivity index (χ0) is 13.8. The van der Waals surface area contributed by atoms with E-state index in [0.717, 1.165) is 17.0 Å². The lowest BCUT2D eigenvalue weighted by atomic mass is 10.1. The Morgan fingerprint density at radius 3 is 2.63 bits per heavy atom. The molecule has 100 valence electrons. The largest absolute Gasteiger partial charge is 0.462 e. The highest BCUT2D eigenvalue weighted by Gasteiger charge is 2.05. The minimum absolute atomic E-state index is 0.105. The maximum absolute atomic E-state index is 11.0. The van der Waals surface area contributed by atoms with E-state index in [4.69, 9.17) is 15.3 Å². The molecule has 0 aliphatic carbocycles. The van der Waals surface area contributed by atoms with Gasteiger partial charge in [-0.05, 0) is 42.8 Å². The van der Waals surface area contributed by atoms with Gasteiger partial charge in [-0.2, -0.15) is 0 Å². The van der Waals surface area contributed by atoms with Crippen molar-refractivity contribution in [1.29, 1.82) is 0 Å². The van der Waals surface area contributed by atoms with Gasteiger partial charge < -0.3 is 20.6 Å². The molecule has 0 saturated heterocycles. The molecule has 1 aromatic carbocycles. The number of aliphatic hydroxyl groups is 1. The fraction of sp³-hybridized carbons (Fsp3) is 0.214. The van der Waals surface area contributed by atoms with E-state index in [1.54, 1.807) is 18.2 Å². The zero-order valence-electron chi connectivity index (χ0n) is 10.6. The number of primary amides is 1. The molecule has 0 aliphatic heterocycles. The van der Waals surface area contributed by atoms with Crippen LogP contribution < -0.4 is 11.1 Å². The quantitative estimate of drug-likeness (QED) is 0.764. The number of aryl methyl sites for hydroxylation is 1. The predicted octanol–water partition coefficient (Wildman–Crippen LogP) is 1.79. The molecule has 0 saturated carbocycles. The minimum atomic E-state index is -0.437. The number of rotatable bonds is 5. The van der Waals surface area contributed by atoms with E-state index in [9.17, 15) is 4.79 Å². The number of carbonyl (C=O) groups is 1. The second-order valence-electron chi connectivity index (χ2n) is 4.27. The highest BCUT2D eigenvalue weighted by molar-refractivity contribution is 5.93. The Labute approximate surface area is 111 Å². The van der Waals surface area contributed by atoms with Crippen molar-refractivity contribution in [3.63, 3.8) is 0 Å². The monoisotopic (exact) mass is 260 g/mol. The lowest BCUT2D eigenvalue weighted by Gasteiger charge is -2.09. The molecule has 0 aliphatic rings. The molecule has 4 N–H and O–H groups in total. The van der Waals surface area contributed by atoms with Crippen molar-refractivity contribution in [2.24, 2.45) is 5.73 Å². The first-order chi connectivity index (χ1) is 9.10. The van der Waals surface area contributed by atoms with Gasteiger partial charge in [-0.25, -0.2) is 0 Å². The van der Waals surface area contributed by atoms with Gasteiger partial charge in [-0.1, -0.05) is 0 Å². The van der Waals surface area contributed by atoms with Crippen LogP contribution in [0.2, 0.25) is 0 Å². The van der Waals surface area contributed by atoms with Gasteiger partial charge >= 0.3 is 0 Å². The molecule has 0 radical (unpaired) electrons. The summed E-state index contributed by atoms with van der Waals surface area (Å²) in [5.41, 5.74) is 7.55. The summed E-state index contributed by atoms with van der Waals surface area (Å²) in [6.45, 7) is 2.30. The molecule has 1 heterocycles. The van der Waals surface area contributed by atoms with Gasteiger partial charge in [0.25, 0.3) is 0 Å². The lowest BCUT2D eigenvalue weighted by molar-refractivity contribution is 0.1000. The molecular weight excluding hydrogens is 244 g/mol. The lowest BCUT2D eigenvalue weighted by Crippen LogP contribution is -2.11. The average Bonchev–Trinajstić information content (AvgIpc) is 2.85. The van der Waals surface area contributed by atoms with Crippen molar-refractivity contribution >= 4 is 11.6 Å². The van der Waals surface area contributed by atoms with Crippen molar-refractivity contribution in [1.82, 2.24) is 0 Å². The second-order valence-corrected chi connectivity index (χ2v) is 4.27. The summed E-state index contributed by atoms with van der Waals surface area (Å²) in [7, 11) is 0. The average molecular weight is 260 g/mol. The van der Waals surface area contributed by atoms with E-state index in [-0.39, 0.29) is 6.61 Å². The third-order valence-electron chi connectivity index (χ3n) is 2.84. The van der Waals surface area contributed by atoms with Crippen molar-refractivity contribution in [3.05, 3.63) is 53.0 Å². The Kier molecular flexibility index (Phi) is 3.87. The molecular formula is C14H16N2O3. The first-order valence-electron chi connectivity index (χ1n) is 5.93. The maximum Gasteiger partial charge on any atom is 0.248 e. The molecule has 19 heavy (non-hydrogen) atoms. The fourth-order valence-corrected chi connectivity index (χ4v) is 1.80. The third-order valence-corrected chi connectivity index (χ3v) is 2.84. The molecule has 1 amide bonds. The van der Waals surface area contributed by atoms with Gasteiger partial charge in [-0.15, -0.1) is 0 Å². The van der Waals surface area contributed by atoms with Crippen LogP contribution in [0.1, 0.15) is 27.4 Å². The van der Waals surface area contributed by atoms with Crippen LogP contribution in [-0.4, -0.2) is 11.0 Å². The van der Waals surface area contributed by atoms with Crippen molar-refractivity contribution in [2.75, 3.05) is 5.32 Å². The van der Waals surface area contributed by atoms with Crippen LogP contribution in [0.4, 0.5) is 5.69 Å². The standard InChI is InChI=1S/C14H16N2O3/c1-9-6-10(14(15)18)2-5-13(9)16-7-11-3-4-12(8-17)19-11/h2-6,16-17H,7-8H2,1H3,(H2,15,18). The van der Waals surface area contributed by atoms with Gasteiger partial charge in [0.05, 0.1) is 6.54 Å². The SMILES string of the molecule is Cc1cc(C(N)=O)ccc1NCc1ccc(CO)o1. The smallest absolute Gasteiger partial charge is 0.248 e. The number of anilines is 1. The normalized spacial score (nSPS) is 10.4. The first kappa shape index (κ1) is 13.2. The number of nitrogens with one attached hydrogen (secondary N) is 1. The second kappa shape index (κ2) is 5.58. The Balaban J connectivity index is 2.05. The molecule has 2 rings (SSSR count). The van der Waals surface area contributed by atoms with E-state index in [1.165, 1.54) is 0 Å². The van der Waals surface area contributed by atoms with E-state index < -0.39 is 5.91 Å². The molecule has 0 fully saturated rings. The third kappa shape index (κ3) is 3.14. The number of benzene rings is 1. The summed E-state index contributed by atoms with van der Waals surface area (Å²) >= 11 is 0. The van der Waals surface area contributed by atoms with Gasteiger partial charge in [-0.3, -0.25) is 4.79 Å². The van der Waals surface area contributed by atoms with Crippen LogP contribution in [-0.2, 0) is 13.2 Å². The number of furan rings is 1. The Hall–Kier alpha value is -2.27. The van der Waals surface area contributed by atoms with Crippen molar-refractivity contribution in [3.8, 4) is 0 Å². The number of aliphatic hydroxyl groups excluding tert-OH is 1. The summed E-state index contributed by atoms with van der Waals surface area (Å²) in [4.78, 5) is 11.0. The molecule has 0 atom stereocenters. The van der Waals surface area contributed by atoms with E-state index in [0.29, 0.717) is 17.9 Å². The zero-order valence-corrected chi connectivity index (χ0v) is 10.6. The highest BCUT2D eigenvalue weighted by atomic mass is 16.4. The number of amides is 1. The van der Waals surface area contributed by atoms with Crippen molar-refractivity contribution < 1.29 is 14.3 Å². The summed E-state index contributed by atoms with van der Waals surface area (Å²) in [6.07, 6.45) is 0. The Morgan fingerprint density at radius 1 is 1.32 bits per heavy atom. The van der Waals surface area contributed by atoms with Crippen LogP contribution in [0.5, 0.6) is 0 Å². The van der Waals surface area contributed by atoms with E-state index in [1.807, 2.05) is 19.1 Å². The number of hydrogen-bond donors (Lipinski definition) is 3. The number of hydrogen-bond acceptors (Lipinski definition) is 4. The molecule has 5 heteroatoms. The van der Waals surface area contributed by atoms with Gasteiger partial charge in [0.15, 0.2) is 0 Å². The minimum Gasteiger partial charge on any atom is -0.462 e. The molecule has 0 bridgehead atoms. The van der Waals surface area contributed by atoms with Crippen LogP contribution >= 0.6 is 0 Å². The van der Waals surface area contributed by atoms with Gasteiger partial charge in [0, 0.05) is 11.3 Å². The molecule has 0 unspecified atom stereocenters. The number of carbonyl (C=O) groups excluding carboxylic acids is 1. The van der Waals surface area contributed by atoms with Crippen LogP contribution in [0.25, 0.3) is 0 Å². The van der Waals surface area contributed by atoms with Crippen LogP contribution in [0, 0.1) is 6.92 Å². The molecule has 1 aromatic heterocycles. The topological polar surface area (TPSA) is 88.5 Å². The summed E-state index contributed by atoms with van der Waals surface area (Å²) in [5.74, 6) is 0.841. The molecule has 5 nitrogen and oxygen atoms in total. The van der Waals surface area contributed by atoms with Crippen LogP contribution in [0.3, 0.4) is 0 Å². The Bertz CT molecular complexity index is 590. The van der Waals surface area contributed by atoms with Gasteiger partial charge in [0.1, 0.15) is 18.1 Å².